The monoisotopic (exact) mass is 153 g/mol. The Kier molecular flexibility index (Phi) is 2.83. The van der Waals surface area contributed by atoms with Gasteiger partial charge in [-0.25, -0.2) is 0 Å². The highest BCUT2D eigenvalue weighted by Crippen LogP contribution is 2.19. The summed E-state index contributed by atoms with van der Waals surface area (Å²) in [6, 6.07) is 0.624. The lowest BCUT2D eigenvalue weighted by atomic mass is 10.1. The molecule has 0 heterocycles. The number of allylic oxidation sites excluding steroid dienone is 1. The quantitative estimate of drug-likeness (QED) is 0.603. The van der Waals surface area contributed by atoms with E-state index in [9.17, 15) is 4.79 Å². The fraction of sp³-hybridized carbons (Fsp3) is 0.667. The van der Waals surface area contributed by atoms with Crippen LogP contribution in [-0.4, -0.2) is 17.9 Å². The first kappa shape index (κ1) is 8.47. The van der Waals surface area contributed by atoms with Gasteiger partial charge in [0, 0.05) is 12.5 Å². The molecule has 1 atom stereocenters. The Morgan fingerprint density at radius 2 is 2.45 bits per heavy atom. The van der Waals surface area contributed by atoms with Gasteiger partial charge in [-0.1, -0.05) is 6.08 Å². The molecular formula is C9H15NO. The molecule has 2 nitrogen and oxygen atoms in total. The van der Waals surface area contributed by atoms with Gasteiger partial charge >= 0.3 is 0 Å². The number of hydrogen-bond donors (Lipinski definition) is 1. The third-order valence-electron chi connectivity index (χ3n) is 1.89. The first-order chi connectivity index (χ1) is 5.24. The Balaban J connectivity index is 2.20. The van der Waals surface area contributed by atoms with Crippen LogP contribution in [0.5, 0.6) is 0 Å². The highest BCUT2D eigenvalue weighted by Gasteiger charge is 2.24. The summed E-state index contributed by atoms with van der Waals surface area (Å²) in [5.41, 5.74) is 0. The zero-order valence-corrected chi connectivity index (χ0v) is 6.97. The molecule has 1 rings (SSSR count). The smallest absolute Gasteiger partial charge is 0.153 e. The van der Waals surface area contributed by atoms with Gasteiger partial charge in [0.1, 0.15) is 0 Å². The summed E-state index contributed by atoms with van der Waals surface area (Å²) >= 11 is 0. The number of hydrogen-bond acceptors (Lipinski definition) is 2. The molecule has 1 aliphatic carbocycles. The summed E-state index contributed by atoms with van der Waals surface area (Å²) in [6.07, 6.45) is 4.60. The zero-order chi connectivity index (χ0) is 8.27. The predicted octanol–water partition coefficient (Wildman–Crippen LogP) is 1.27. The van der Waals surface area contributed by atoms with E-state index in [2.05, 4.69) is 11.9 Å². The molecule has 0 aliphatic heterocycles. The van der Waals surface area contributed by atoms with Gasteiger partial charge in [-0.2, -0.15) is 0 Å². The molecule has 0 radical (unpaired) electrons. The van der Waals surface area contributed by atoms with Gasteiger partial charge in [-0.15, -0.1) is 6.58 Å². The van der Waals surface area contributed by atoms with Gasteiger partial charge in [-0.05, 0) is 19.8 Å². The van der Waals surface area contributed by atoms with Gasteiger partial charge in [0.25, 0.3) is 0 Å². The third-order valence-corrected chi connectivity index (χ3v) is 1.89. The Morgan fingerprint density at radius 1 is 1.82 bits per heavy atom. The Labute approximate surface area is 67.7 Å². The molecule has 0 aromatic heterocycles. The van der Waals surface area contributed by atoms with Crippen LogP contribution < -0.4 is 5.32 Å². The number of rotatable bonds is 5. The van der Waals surface area contributed by atoms with Crippen LogP contribution in [-0.2, 0) is 4.79 Å². The molecule has 11 heavy (non-hydrogen) atoms. The van der Waals surface area contributed by atoms with Crippen molar-refractivity contribution in [3.63, 3.8) is 0 Å². The zero-order valence-electron chi connectivity index (χ0n) is 6.97. The van der Waals surface area contributed by atoms with Gasteiger partial charge in [0.05, 0.1) is 6.04 Å². The van der Waals surface area contributed by atoms with Crippen LogP contribution in [0, 0.1) is 0 Å². The molecule has 2 heteroatoms. The van der Waals surface area contributed by atoms with Crippen LogP contribution in [0.2, 0.25) is 0 Å². The highest BCUT2D eigenvalue weighted by atomic mass is 16.1. The van der Waals surface area contributed by atoms with Crippen molar-refractivity contribution in [3.05, 3.63) is 12.7 Å². The lowest BCUT2D eigenvalue weighted by molar-refractivity contribution is -0.119. The Hall–Kier alpha value is -0.630. The molecule has 0 aromatic carbocycles. The van der Waals surface area contributed by atoms with Crippen molar-refractivity contribution in [2.24, 2.45) is 0 Å². The van der Waals surface area contributed by atoms with E-state index in [1.54, 1.807) is 6.08 Å². The summed E-state index contributed by atoms with van der Waals surface area (Å²) in [4.78, 5) is 11.2. The van der Waals surface area contributed by atoms with Gasteiger partial charge in [0.2, 0.25) is 0 Å². The van der Waals surface area contributed by atoms with E-state index in [0.717, 1.165) is 0 Å². The number of carbonyl (C=O) groups is 1. The van der Waals surface area contributed by atoms with Crippen LogP contribution in [0.3, 0.4) is 0 Å². The van der Waals surface area contributed by atoms with E-state index < -0.39 is 0 Å². The normalized spacial score (nSPS) is 19.4. The molecule has 1 aliphatic rings. The van der Waals surface area contributed by atoms with Crippen molar-refractivity contribution in [1.29, 1.82) is 0 Å². The second-order valence-corrected chi connectivity index (χ2v) is 3.12. The predicted molar refractivity (Wildman–Crippen MR) is 45.4 cm³/mol. The second-order valence-electron chi connectivity index (χ2n) is 3.12. The maximum atomic E-state index is 11.2. The van der Waals surface area contributed by atoms with Crippen LogP contribution in [0.1, 0.15) is 26.2 Å². The van der Waals surface area contributed by atoms with Crippen molar-refractivity contribution in [2.75, 3.05) is 0 Å². The molecule has 1 saturated carbocycles. The van der Waals surface area contributed by atoms with Crippen molar-refractivity contribution in [1.82, 2.24) is 5.32 Å². The van der Waals surface area contributed by atoms with Gasteiger partial charge in [0.15, 0.2) is 5.78 Å². The van der Waals surface area contributed by atoms with E-state index in [4.69, 9.17) is 0 Å². The number of Topliss-reactive ketones (excluding diaryl/α,β-unsaturated/α-hetero) is 1. The highest BCUT2D eigenvalue weighted by molar-refractivity contribution is 5.84. The van der Waals surface area contributed by atoms with E-state index in [1.165, 1.54) is 12.8 Å². The summed E-state index contributed by atoms with van der Waals surface area (Å²) < 4.78 is 0. The maximum absolute atomic E-state index is 11.2. The summed E-state index contributed by atoms with van der Waals surface area (Å²) in [6.45, 7) is 5.45. The SMILES string of the molecule is C=CCC(=O)C(C)NC1CC1. The molecule has 0 bridgehead atoms. The minimum Gasteiger partial charge on any atom is -0.305 e. The Morgan fingerprint density at radius 3 is 2.91 bits per heavy atom. The van der Waals surface area contributed by atoms with E-state index in [1.807, 2.05) is 6.92 Å². The van der Waals surface area contributed by atoms with Crippen molar-refractivity contribution < 1.29 is 4.79 Å². The number of nitrogens with one attached hydrogen (secondary N) is 1. The standard InChI is InChI=1S/C9H15NO/c1-3-4-9(11)7(2)10-8-5-6-8/h3,7-8,10H,1,4-6H2,2H3. The average molecular weight is 153 g/mol. The summed E-state index contributed by atoms with van der Waals surface area (Å²) in [5.74, 6) is 0.242. The van der Waals surface area contributed by atoms with Crippen LogP contribution in [0.25, 0.3) is 0 Å². The Bertz CT molecular complexity index is 161. The van der Waals surface area contributed by atoms with Gasteiger partial charge < -0.3 is 5.32 Å². The fourth-order valence-electron chi connectivity index (χ4n) is 1.02. The summed E-state index contributed by atoms with van der Waals surface area (Å²) in [5, 5.41) is 3.24. The fourth-order valence-corrected chi connectivity index (χ4v) is 1.02. The third kappa shape index (κ3) is 2.85. The molecular weight excluding hydrogens is 138 g/mol. The molecule has 1 fully saturated rings. The molecule has 62 valence electrons. The summed E-state index contributed by atoms with van der Waals surface area (Å²) in [7, 11) is 0. The lowest BCUT2D eigenvalue weighted by Gasteiger charge is -2.09. The van der Waals surface area contributed by atoms with Crippen LogP contribution >= 0.6 is 0 Å². The van der Waals surface area contributed by atoms with Crippen molar-refractivity contribution in [3.8, 4) is 0 Å². The molecule has 0 amide bonds. The number of carbonyl (C=O) groups excluding carboxylic acids is 1. The van der Waals surface area contributed by atoms with Crippen molar-refractivity contribution >= 4 is 5.78 Å². The molecule has 0 aromatic rings. The average Bonchev–Trinajstić information content (AvgIpc) is 2.72. The van der Waals surface area contributed by atoms with Crippen LogP contribution in [0.4, 0.5) is 0 Å². The van der Waals surface area contributed by atoms with Crippen LogP contribution in [0.15, 0.2) is 12.7 Å². The minimum absolute atomic E-state index is 0.0144. The molecule has 1 unspecified atom stereocenters. The topological polar surface area (TPSA) is 29.1 Å². The lowest BCUT2D eigenvalue weighted by Crippen LogP contribution is -2.35. The van der Waals surface area contributed by atoms with E-state index in [0.29, 0.717) is 12.5 Å². The molecule has 0 saturated heterocycles. The first-order valence-corrected chi connectivity index (χ1v) is 4.13. The van der Waals surface area contributed by atoms with E-state index >= 15 is 0 Å². The second kappa shape index (κ2) is 3.67. The van der Waals surface area contributed by atoms with Crippen molar-refractivity contribution in [2.45, 2.75) is 38.3 Å². The maximum Gasteiger partial charge on any atom is 0.153 e. The largest absolute Gasteiger partial charge is 0.305 e. The van der Waals surface area contributed by atoms with E-state index in [-0.39, 0.29) is 11.8 Å². The molecule has 1 N–H and O–H groups in total. The van der Waals surface area contributed by atoms with Gasteiger partial charge in [-0.3, -0.25) is 4.79 Å². The minimum atomic E-state index is 0.0144. The first-order valence-electron chi connectivity index (χ1n) is 4.13. The molecule has 0 spiro atoms. The number of ketones is 1.